The first-order valence-electron chi connectivity index (χ1n) is 10.1. The van der Waals surface area contributed by atoms with Crippen molar-refractivity contribution in [1.82, 2.24) is 15.0 Å². The van der Waals surface area contributed by atoms with E-state index in [4.69, 9.17) is 20.9 Å². The highest BCUT2D eigenvalue weighted by atomic mass is 35.5. The van der Waals surface area contributed by atoms with Crippen LogP contribution < -0.4 is 4.74 Å². The molecule has 32 heavy (non-hydrogen) atoms. The lowest BCUT2D eigenvalue weighted by Crippen LogP contribution is -2.32. The zero-order valence-electron chi connectivity index (χ0n) is 17.4. The van der Waals surface area contributed by atoms with E-state index in [-0.39, 0.29) is 29.0 Å². The molecule has 8 nitrogen and oxygen atoms in total. The fourth-order valence-electron chi connectivity index (χ4n) is 3.67. The van der Waals surface area contributed by atoms with E-state index in [2.05, 4.69) is 10.1 Å². The second-order valence-electron chi connectivity index (χ2n) is 7.45. The van der Waals surface area contributed by atoms with Gasteiger partial charge in [-0.3, -0.25) is 4.79 Å². The molecule has 1 fully saturated rings. The quantitative estimate of drug-likeness (QED) is 0.510. The fraction of sp³-hybridized carbons (Fsp3) is 0.318. The first kappa shape index (κ1) is 22.3. The summed E-state index contributed by atoms with van der Waals surface area (Å²) in [6.07, 6.45) is 1.34. The van der Waals surface area contributed by atoms with Crippen molar-refractivity contribution >= 4 is 27.3 Å². The summed E-state index contributed by atoms with van der Waals surface area (Å²) in [5, 5.41) is 4.63. The van der Waals surface area contributed by atoms with E-state index in [0.29, 0.717) is 35.5 Å². The molecule has 2 heterocycles. The zero-order chi connectivity index (χ0) is 22.7. The number of carbonyl (C=O) groups is 1. The Morgan fingerprint density at radius 1 is 1.19 bits per heavy atom. The standard InChI is InChI=1S/C22H22ClN3O5S/c1-30-17-8-10-18(11-9-17)32(28,29)14-12-20(27)26-13-2-3-19(26)22-24-21(25-31-22)15-4-6-16(23)7-5-15/h4-11,19H,2-3,12-14H2,1H3/t19-/m0/s1. The van der Waals surface area contributed by atoms with Gasteiger partial charge in [-0.25, -0.2) is 8.42 Å². The van der Waals surface area contributed by atoms with Gasteiger partial charge in [0.2, 0.25) is 17.6 Å². The lowest BCUT2D eigenvalue weighted by molar-refractivity contribution is -0.132. The summed E-state index contributed by atoms with van der Waals surface area (Å²) < 4.78 is 35.7. The summed E-state index contributed by atoms with van der Waals surface area (Å²) in [5.41, 5.74) is 0.755. The van der Waals surface area contributed by atoms with E-state index < -0.39 is 9.84 Å². The lowest BCUT2D eigenvalue weighted by Gasteiger charge is -2.21. The predicted molar refractivity (Wildman–Crippen MR) is 118 cm³/mol. The molecular weight excluding hydrogens is 454 g/mol. The van der Waals surface area contributed by atoms with Crippen molar-refractivity contribution in [3.63, 3.8) is 0 Å². The SMILES string of the molecule is COc1ccc(S(=O)(=O)CCC(=O)N2CCC[C@H]2c2nc(-c3ccc(Cl)cc3)no2)cc1. The summed E-state index contributed by atoms with van der Waals surface area (Å²) >= 11 is 5.92. The Kier molecular flexibility index (Phi) is 6.48. The molecule has 0 unspecified atom stereocenters. The second kappa shape index (κ2) is 9.30. The molecule has 4 rings (SSSR count). The molecule has 1 atom stereocenters. The highest BCUT2D eigenvalue weighted by Crippen LogP contribution is 2.33. The van der Waals surface area contributed by atoms with E-state index in [1.165, 1.54) is 19.2 Å². The highest BCUT2D eigenvalue weighted by molar-refractivity contribution is 7.91. The van der Waals surface area contributed by atoms with Gasteiger partial charge in [0, 0.05) is 23.6 Å². The summed E-state index contributed by atoms with van der Waals surface area (Å²) in [4.78, 5) is 19.1. The van der Waals surface area contributed by atoms with Crippen molar-refractivity contribution in [2.24, 2.45) is 0 Å². The normalized spacial score (nSPS) is 16.3. The molecule has 10 heteroatoms. The maximum atomic E-state index is 12.9. The monoisotopic (exact) mass is 475 g/mol. The van der Waals surface area contributed by atoms with Crippen molar-refractivity contribution in [3.05, 3.63) is 59.4 Å². The molecular formula is C22H22ClN3O5S. The molecule has 1 aliphatic heterocycles. The number of methoxy groups -OCH3 is 1. The molecule has 168 valence electrons. The number of sulfone groups is 1. The molecule has 0 aliphatic carbocycles. The number of halogens is 1. The molecule has 1 aliphatic rings. The number of likely N-dealkylation sites (tertiary alicyclic amines) is 1. The average Bonchev–Trinajstić information content (AvgIpc) is 3.48. The van der Waals surface area contributed by atoms with E-state index >= 15 is 0 Å². The molecule has 3 aromatic rings. The number of aromatic nitrogens is 2. The van der Waals surface area contributed by atoms with Crippen LogP contribution in [0.4, 0.5) is 0 Å². The van der Waals surface area contributed by atoms with E-state index in [9.17, 15) is 13.2 Å². The smallest absolute Gasteiger partial charge is 0.249 e. The van der Waals surface area contributed by atoms with Crippen LogP contribution in [0.5, 0.6) is 5.75 Å². The van der Waals surface area contributed by atoms with Crippen LogP contribution in [0.1, 0.15) is 31.2 Å². The van der Waals surface area contributed by atoms with E-state index in [1.54, 1.807) is 41.3 Å². The number of hydrogen-bond donors (Lipinski definition) is 0. The van der Waals surface area contributed by atoms with E-state index in [0.717, 1.165) is 12.0 Å². The van der Waals surface area contributed by atoms with Gasteiger partial charge in [0.25, 0.3) is 0 Å². The van der Waals surface area contributed by atoms with Crippen LogP contribution in [0, 0.1) is 0 Å². The van der Waals surface area contributed by atoms with Crippen LogP contribution in [0.2, 0.25) is 5.02 Å². The van der Waals surface area contributed by atoms with Crippen LogP contribution in [0.15, 0.2) is 57.9 Å². The number of hydrogen-bond acceptors (Lipinski definition) is 7. The topological polar surface area (TPSA) is 103 Å². The summed E-state index contributed by atoms with van der Waals surface area (Å²) in [6.45, 7) is 0.519. The number of amides is 1. The average molecular weight is 476 g/mol. The van der Waals surface area contributed by atoms with Crippen molar-refractivity contribution in [1.29, 1.82) is 0 Å². The Labute approximate surface area is 191 Å². The third-order valence-corrected chi connectivity index (χ3v) is 7.39. The van der Waals surface area contributed by atoms with Crippen LogP contribution >= 0.6 is 11.6 Å². The van der Waals surface area contributed by atoms with Crippen LogP contribution in [-0.4, -0.2) is 48.8 Å². The maximum absolute atomic E-state index is 12.9. The number of nitrogens with zero attached hydrogens (tertiary/aromatic N) is 3. The number of rotatable bonds is 7. The van der Waals surface area contributed by atoms with Crippen LogP contribution in [0.3, 0.4) is 0 Å². The van der Waals surface area contributed by atoms with Crippen molar-refractivity contribution < 1.29 is 22.5 Å². The Balaban J connectivity index is 1.43. The van der Waals surface area contributed by atoms with Crippen molar-refractivity contribution in [2.45, 2.75) is 30.2 Å². The highest BCUT2D eigenvalue weighted by Gasteiger charge is 2.34. The zero-order valence-corrected chi connectivity index (χ0v) is 19.0. The molecule has 1 aromatic heterocycles. The summed E-state index contributed by atoms with van der Waals surface area (Å²) in [6, 6.07) is 12.8. The first-order valence-corrected chi connectivity index (χ1v) is 12.2. The van der Waals surface area contributed by atoms with E-state index in [1.807, 2.05) is 0 Å². The van der Waals surface area contributed by atoms with Gasteiger partial charge < -0.3 is 14.2 Å². The molecule has 0 radical (unpaired) electrons. The molecule has 1 saturated heterocycles. The van der Waals surface area contributed by atoms with Crippen LogP contribution in [-0.2, 0) is 14.6 Å². The van der Waals surface area contributed by atoms with Crippen LogP contribution in [0.25, 0.3) is 11.4 Å². The minimum atomic E-state index is -3.59. The van der Waals surface area contributed by atoms with Gasteiger partial charge in [0.15, 0.2) is 9.84 Å². The first-order chi connectivity index (χ1) is 15.4. The molecule has 2 aromatic carbocycles. The fourth-order valence-corrected chi connectivity index (χ4v) is 5.03. The van der Waals surface area contributed by atoms with Gasteiger partial charge >= 0.3 is 0 Å². The Hall–Kier alpha value is -2.91. The number of benzene rings is 2. The molecule has 0 spiro atoms. The van der Waals surface area contributed by atoms with Crippen molar-refractivity contribution in [2.75, 3.05) is 19.4 Å². The lowest BCUT2D eigenvalue weighted by atomic mass is 10.2. The van der Waals surface area contributed by atoms with Gasteiger partial charge in [0.05, 0.1) is 17.8 Å². The van der Waals surface area contributed by atoms with Gasteiger partial charge in [-0.2, -0.15) is 4.98 Å². The van der Waals surface area contributed by atoms with Gasteiger partial charge in [-0.15, -0.1) is 0 Å². The largest absolute Gasteiger partial charge is 0.497 e. The minimum absolute atomic E-state index is 0.122. The molecule has 1 amide bonds. The van der Waals surface area contributed by atoms with Gasteiger partial charge in [0.1, 0.15) is 11.8 Å². The third-order valence-electron chi connectivity index (χ3n) is 5.41. The van der Waals surface area contributed by atoms with Crippen molar-refractivity contribution in [3.8, 4) is 17.1 Å². The molecule has 0 bridgehead atoms. The van der Waals surface area contributed by atoms with Gasteiger partial charge in [-0.1, -0.05) is 16.8 Å². The predicted octanol–water partition coefficient (Wildman–Crippen LogP) is 3.93. The minimum Gasteiger partial charge on any atom is -0.497 e. The maximum Gasteiger partial charge on any atom is 0.249 e. The number of ether oxygens (including phenoxy) is 1. The summed E-state index contributed by atoms with van der Waals surface area (Å²) in [5.74, 6) is 0.798. The number of carbonyl (C=O) groups excluding carboxylic acids is 1. The van der Waals surface area contributed by atoms with Gasteiger partial charge in [-0.05, 0) is 61.4 Å². The Morgan fingerprint density at radius 2 is 1.91 bits per heavy atom. The Morgan fingerprint density at radius 3 is 2.59 bits per heavy atom. The third kappa shape index (κ3) is 4.78. The Bertz CT molecular complexity index is 1190. The molecule has 0 N–H and O–H groups in total. The second-order valence-corrected chi connectivity index (χ2v) is 10.00. The summed E-state index contributed by atoms with van der Waals surface area (Å²) in [7, 11) is -2.08. The molecule has 0 saturated carbocycles.